The summed E-state index contributed by atoms with van der Waals surface area (Å²) in [4.78, 5) is 17.8. The van der Waals surface area contributed by atoms with Crippen molar-refractivity contribution in [2.24, 2.45) is 0 Å². The van der Waals surface area contributed by atoms with E-state index in [0.717, 1.165) is 12.1 Å². The Balaban J connectivity index is 2.26. The van der Waals surface area contributed by atoms with E-state index in [0.29, 0.717) is 6.04 Å². The van der Waals surface area contributed by atoms with Gasteiger partial charge in [0.15, 0.2) is 0 Å². The van der Waals surface area contributed by atoms with Crippen LogP contribution in [0.2, 0.25) is 0 Å². The Kier molecular flexibility index (Phi) is 2.23. The van der Waals surface area contributed by atoms with Crippen molar-refractivity contribution in [2.45, 2.75) is 25.3 Å². The quantitative estimate of drug-likeness (QED) is 0.671. The Labute approximate surface area is 83.8 Å². The van der Waals surface area contributed by atoms with Crippen molar-refractivity contribution in [3.05, 3.63) is 30.1 Å². The molecule has 1 amide bonds. The minimum Gasteiger partial charge on any atom is -0.342 e. The fourth-order valence-corrected chi connectivity index (χ4v) is 1.89. The van der Waals surface area contributed by atoms with Crippen LogP contribution in [0.3, 0.4) is 0 Å². The largest absolute Gasteiger partial charge is 0.342 e. The molecule has 0 spiro atoms. The Morgan fingerprint density at radius 1 is 1.50 bits per heavy atom. The van der Waals surface area contributed by atoms with Gasteiger partial charge in [-0.3, -0.25) is 9.78 Å². The lowest BCUT2D eigenvalue weighted by molar-refractivity contribution is -0.128. The molecule has 1 saturated heterocycles. The number of aromatic nitrogens is 1. The lowest BCUT2D eigenvalue weighted by atomic mass is 10.0. The van der Waals surface area contributed by atoms with E-state index >= 15 is 0 Å². The van der Waals surface area contributed by atoms with Gasteiger partial charge >= 0.3 is 0 Å². The maximum atomic E-state index is 11.8. The van der Waals surface area contributed by atoms with Crippen LogP contribution in [-0.4, -0.2) is 28.9 Å². The van der Waals surface area contributed by atoms with E-state index in [9.17, 15) is 4.79 Å². The first-order valence-corrected chi connectivity index (χ1v) is 4.87. The SMILES string of the molecule is CC1CC(c2ccccn2)C(=O)N1C. The zero-order valence-electron chi connectivity index (χ0n) is 8.47. The summed E-state index contributed by atoms with van der Waals surface area (Å²) in [5.41, 5.74) is 0.897. The second-order valence-electron chi connectivity index (χ2n) is 3.84. The number of pyridine rings is 1. The van der Waals surface area contributed by atoms with Crippen molar-refractivity contribution in [1.82, 2.24) is 9.88 Å². The van der Waals surface area contributed by atoms with Crippen LogP contribution in [0.15, 0.2) is 24.4 Å². The number of likely N-dealkylation sites (tertiary alicyclic amines) is 1. The molecule has 2 rings (SSSR count). The predicted octanol–water partition coefficient (Wildman–Crippen LogP) is 1.42. The molecule has 0 bridgehead atoms. The number of carbonyl (C=O) groups is 1. The third kappa shape index (κ3) is 1.39. The monoisotopic (exact) mass is 190 g/mol. The zero-order valence-corrected chi connectivity index (χ0v) is 8.47. The Hall–Kier alpha value is -1.38. The molecule has 0 aliphatic carbocycles. The van der Waals surface area contributed by atoms with E-state index in [-0.39, 0.29) is 11.8 Å². The topological polar surface area (TPSA) is 33.2 Å². The number of hydrogen-bond acceptors (Lipinski definition) is 2. The predicted molar refractivity (Wildman–Crippen MR) is 53.8 cm³/mol. The van der Waals surface area contributed by atoms with E-state index in [4.69, 9.17) is 0 Å². The molecule has 0 aromatic carbocycles. The molecule has 1 aromatic heterocycles. The zero-order chi connectivity index (χ0) is 10.1. The Bertz CT molecular complexity index is 336. The molecule has 0 saturated carbocycles. The van der Waals surface area contributed by atoms with Crippen LogP contribution in [0.4, 0.5) is 0 Å². The maximum Gasteiger partial charge on any atom is 0.231 e. The standard InChI is InChI=1S/C11H14N2O/c1-8-7-9(11(14)13(8)2)10-5-3-4-6-12-10/h3-6,8-9H,7H2,1-2H3. The molecule has 14 heavy (non-hydrogen) atoms. The van der Waals surface area contributed by atoms with Crippen LogP contribution in [-0.2, 0) is 4.79 Å². The fourth-order valence-electron chi connectivity index (χ4n) is 1.89. The Morgan fingerprint density at radius 2 is 2.29 bits per heavy atom. The summed E-state index contributed by atoms with van der Waals surface area (Å²) < 4.78 is 0. The molecule has 1 aliphatic heterocycles. The van der Waals surface area contributed by atoms with Gasteiger partial charge in [0, 0.05) is 19.3 Å². The van der Waals surface area contributed by atoms with E-state index in [2.05, 4.69) is 11.9 Å². The second kappa shape index (κ2) is 3.40. The van der Waals surface area contributed by atoms with Crippen LogP contribution in [0, 0.1) is 0 Å². The molecule has 2 heterocycles. The molecule has 1 aromatic rings. The van der Waals surface area contributed by atoms with Crippen LogP contribution in [0.1, 0.15) is 25.0 Å². The number of likely N-dealkylation sites (N-methyl/N-ethyl adjacent to an activating group) is 1. The molecule has 1 aliphatic rings. The van der Waals surface area contributed by atoms with Gasteiger partial charge in [0.2, 0.25) is 5.91 Å². The van der Waals surface area contributed by atoms with E-state index in [1.165, 1.54) is 0 Å². The molecule has 74 valence electrons. The summed E-state index contributed by atoms with van der Waals surface area (Å²) in [6.07, 6.45) is 2.62. The third-order valence-corrected chi connectivity index (χ3v) is 2.93. The molecule has 2 unspecified atom stereocenters. The first kappa shape index (κ1) is 9.19. The molecule has 0 radical (unpaired) electrons. The number of carbonyl (C=O) groups excluding carboxylic acids is 1. The van der Waals surface area contributed by atoms with Crippen LogP contribution >= 0.6 is 0 Å². The van der Waals surface area contributed by atoms with Gasteiger partial charge in [-0.2, -0.15) is 0 Å². The van der Waals surface area contributed by atoms with Gasteiger partial charge in [0.1, 0.15) is 0 Å². The highest BCUT2D eigenvalue weighted by Crippen LogP contribution is 2.30. The number of amides is 1. The molecular formula is C11H14N2O. The van der Waals surface area contributed by atoms with Gasteiger partial charge in [-0.1, -0.05) is 6.07 Å². The van der Waals surface area contributed by atoms with E-state index in [1.54, 1.807) is 11.1 Å². The molecule has 2 atom stereocenters. The van der Waals surface area contributed by atoms with Gasteiger partial charge < -0.3 is 4.90 Å². The van der Waals surface area contributed by atoms with Crippen molar-refractivity contribution in [1.29, 1.82) is 0 Å². The number of rotatable bonds is 1. The average molecular weight is 190 g/mol. The van der Waals surface area contributed by atoms with Crippen LogP contribution in [0.25, 0.3) is 0 Å². The summed E-state index contributed by atoms with van der Waals surface area (Å²) in [6.45, 7) is 2.07. The van der Waals surface area contributed by atoms with Crippen LogP contribution in [0.5, 0.6) is 0 Å². The van der Waals surface area contributed by atoms with Gasteiger partial charge in [-0.15, -0.1) is 0 Å². The van der Waals surface area contributed by atoms with Gasteiger partial charge in [0.05, 0.1) is 11.6 Å². The number of nitrogens with zero attached hydrogens (tertiary/aromatic N) is 2. The summed E-state index contributed by atoms with van der Waals surface area (Å²) >= 11 is 0. The third-order valence-electron chi connectivity index (χ3n) is 2.93. The van der Waals surface area contributed by atoms with Crippen molar-refractivity contribution in [2.75, 3.05) is 7.05 Å². The maximum absolute atomic E-state index is 11.8. The lowest BCUT2D eigenvalue weighted by Gasteiger charge is -2.13. The molecule has 1 fully saturated rings. The minimum absolute atomic E-state index is 0.0313. The summed E-state index contributed by atoms with van der Waals surface area (Å²) in [5, 5.41) is 0. The summed E-state index contributed by atoms with van der Waals surface area (Å²) in [6, 6.07) is 6.05. The minimum atomic E-state index is -0.0313. The van der Waals surface area contributed by atoms with Crippen molar-refractivity contribution in [3.8, 4) is 0 Å². The van der Waals surface area contributed by atoms with E-state index < -0.39 is 0 Å². The van der Waals surface area contributed by atoms with Crippen LogP contribution < -0.4 is 0 Å². The van der Waals surface area contributed by atoms with E-state index in [1.807, 2.05) is 25.2 Å². The first-order chi connectivity index (χ1) is 6.70. The first-order valence-electron chi connectivity index (χ1n) is 4.87. The molecular weight excluding hydrogens is 176 g/mol. The fraction of sp³-hybridized carbons (Fsp3) is 0.455. The number of hydrogen-bond donors (Lipinski definition) is 0. The normalized spacial score (nSPS) is 27.0. The molecule has 0 N–H and O–H groups in total. The highest BCUT2D eigenvalue weighted by molar-refractivity contribution is 5.85. The van der Waals surface area contributed by atoms with Gasteiger partial charge in [-0.25, -0.2) is 0 Å². The smallest absolute Gasteiger partial charge is 0.231 e. The molecule has 3 nitrogen and oxygen atoms in total. The van der Waals surface area contributed by atoms with Gasteiger partial charge in [-0.05, 0) is 25.5 Å². The highest BCUT2D eigenvalue weighted by Gasteiger charge is 2.36. The molecule has 3 heteroatoms. The summed E-state index contributed by atoms with van der Waals surface area (Å²) in [7, 11) is 1.86. The van der Waals surface area contributed by atoms with Crippen molar-refractivity contribution in [3.63, 3.8) is 0 Å². The highest BCUT2D eigenvalue weighted by atomic mass is 16.2. The average Bonchev–Trinajstić information content (AvgIpc) is 2.47. The van der Waals surface area contributed by atoms with Crippen molar-refractivity contribution < 1.29 is 4.79 Å². The summed E-state index contributed by atoms with van der Waals surface area (Å²) in [5.74, 6) is 0.160. The van der Waals surface area contributed by atoms with Crippen molar-refractivity contribution >= 4 is 5.91 Å². The second-order valence-corrected chi connectivity index (χ2v) is 3.84. The van der Waals surface area contributed by atoms with Gasteiger partial charge in [0.25, 0.3) is 0 Å². The Morgan fingerprint density at radius 3 is 2.79 bits per heavy atom. The lowest BCUT2D eigenvalue weighted by Crippen LogP contribution is -2.27.